The molecule has 0 aliphatic rings. The van der Waals surface area contributed by atoms with Crippen LogP contribution < -0.4 is 0 Å². The minimum absolute atomic E-state index is 0.219. The Morgan fingerprint density at radius 3 is 2.56 bits per heavy atom. The highest BCUT2D eigenvalue weighted by molar-refractivity contribution is 5.66. The van der Waals surface area contributed by atoms with Gasteiger partial charge in [0, 0.05) is 17.0 Å². The van der Waals surface area contributed by atoms with Gasteiger partial charge < -0.3 is 5.11 Å². The lowest BCUT2D eigenvalue weighted by atomic mass is 10.1. The van der Waals surface area contributed by atoms with E-state index < -0.39 is 5.97 Å². The second-order valence-corrected chi connectivity index (χ2v) is 3.46. The topological polar surface area (TPSA) is 86.1 Å². The molecule has 0 aliphatic heterocycles. The lowest BCUT2D eigenvalue weighted by Crippen LogP contribution is -1.94. The summed E-state index contributed by atoms with van der Waals surface area (Å²) in [7, 11) is 0. The first-order chi connectivity index (χ1) is 7.72. The van der Waals surface area contributed by atoms with Crippen LogP contribution in [0.15, 0.2) is 29.4 Å². The van der Waals surface area contributed by atoms with Crippen LogP contribution in [0, 0.1) is 0 Å². The smallest absolute Gasteiger partial charge is 0.303 e. The monoisotopic (exact) mass is 219 g/mol. The Balaban J connectivity index is 2.37. The van der Waals surface area contributed by atoms with E-state index in [1.54, 1.807) is 12.1 Å². The number of nitrogens with zero attached hydrogens (tertiary/aromatic N) is 3. The molecule has 84 valence electrons. The second kappa shape index (κ2) is 6.48. The largest absolute Gasteiger partial charge is 0.481 e. The first kappa shape index (κ1) is 12.1. The zero-order chi connectivity index (χ0) is 11.8. The van der Waals surface area contributed by atoms with Crippen molar-refractivity contribution in [2.75, 3.05) is 0 Å². The van der Waals surface area contributed by atoms with Crippen LogP contribution in [0.25, 0.3) is 10.4 Å². The fraction of sp³-hybridized carbons (Fsp3) is 0.364. The molecular formula is C11H13N3O2. The number of azide groups is 1. The highest BCUT2D eigenvalue weighted by Gasteiger charge is 1.97. The molecule has 0 saturated heterocycles. The van der Waals surface area contributed by atoms with Gasteiger partial charge in [0.25, 0.3) is 0 Å². The zero-order valence-electron chi connectivity index (χ0n) is 8.83. The number of benzene rings is 1. The van der Waals surface area contributed by atoms with Crippen LogP contribution in [-0.2, 0) is 11.2 Å². The maximum absolute atomic E-state index is 10.3. The molecule has 1 aromatic rings. The Morgan fingerprint density at radius 1 is 1.31 bits per heavy atom. The van der Waals surface area contributed by atoms with Crippen molar-refractivity contribution in [1.29, 1.82) is 0 Å². The van der Waals surface area contributed by atoms with Crippen molar-refractivity contribution in [1.82, 2.24) is 0 Å². The molecule has 5 heteroatoms. The molecule has 0 saturated carbocycles. The summed E-state index contributed by atoms with van der Waals surface area (Å²) in [5, 5.41) is 11.9. The van der Waals surface area contributed by atoms with Crippen LogP contribution in [0.2, 0.25) is 0 Å². The SMILES string of the molecule is [N-]=[N+]=Nc1ccc(CCCCC(=O)O)cc1. The molecule has 0 spiro atoms. The Labute approximate surface area is 93.3 Å². The molecule has 0 heterocycles. The maximum Gasteiger partial charge on any atom is 0.303 e. The van der Waals surface area contributed by atoms with Crippen LogP contribution in [0.5, 0.6) is 0 Å². The summed E-state index contributed by atoms with van der Waals surface area (Å²) in [6.45, 7) is 0. The summed E-state index contributed by atoms with van der Waals surface area (Å²) < 4.78 is 0. The molecule has 0 fully saturated rings. The summed E-state index contributed by atoms with van der Waals surface area (Å²) in [6.07, 6.45) is 2.61. The van der Waals surface area contributed by atoms with Crippen molar-refractivity contribution in [2.45, 2.75) is 25.7 Å². The van der Waals surface area contributed by atoms with E-state index in [0.717, 1.165) is 18.4 Å². The van der Waals surface area contributed by atoms with E-state index in [9.17, 15) is 4.79 Å². The molecule has 0 radical (unpaired) electrons. The molecule has 1 N–H and O–H groups in total. The molecule has 0 aliphatic carbocycles. The highest BCUT2D eigenvalue weighted by Crippen LogP contribution is 2.14. The molecule has 0 unspecified atom stereocenters. The molecule has 0 atom stereocenters. The number of carboxylic acid groups (broad SMARTS) is 1. The second-order valence-electron chi connectivity index (χ2n) is 3.46. The van der Waals surface area contributed by atoms with Gasteiger partial charge in [0.15, 0.2) is 0 Å². The van der Waals surface area contributed by atoms with Gasteiger partial charge in [-0.2, -0.15) is 0 Å². The third-order valence-electron chi connectivity index (χ3n) is 2.20. The van der Waals surface area contributed by atoms with Gasteiger partial charge in [0.2, 0.25) is 0 Å². The lowest BCUT2D eigenvalue weighted by Gasteiger charge is -2.00. The molecule has 16 heavy (non-hydrogen) atoms. The van der Waals surface area contributed by atoms with E-state index in [-0.39, 0.29) is 6.42 Å². The number of aliphatic carboxylic acids is 1. The van der Waals surface area contributed by atoms with E-state index in [0.29, 0.717) is 12.1 Å². The van der Waals surface area contributed by atoms with Gasteiger partial charge in [-0.15, -0.1) is 0 Å². The van der Waals surface area contributed by atoms with Gasteiger partial charge >= 0.3 is 5.97 Å². The molecule has 0 amide bonds. The molecule has 1 rings (SSSR count). The van der Waals surface area contributed by atoms with E-state index in [1.165, 1.54) is 0 Å². The maximum atomic E-state index is 10.3. The van der Waals surface area contributed by atoms with Crippen molar-refractivity contribution in [3.63, 3.8) is 0 Å². The van der Waals surface area contributed by atoms with Crippen molar-refractivity contribution in [3.8, 4) is 0 Å². The molecule has 0 bridgehead atoms. The highest BCUT2D eigenvalue weighted by atomic mass is 16.4. The van der Waals surface area contributed by atoms with Crippen molar-refractivity contribution in [3.05, 3.63) is 40.3 Å². The lowest BCUT2D eigenvalue weighted by molar-refractivity contribution is -0.137. The summed E-state index contributed by atoms with van der Waals surface area (Å²) >= 11 is 0. The minimum Gasteiger partial charge on any atom is -0.481 e. The minimum atomic E-state index is -0.751. The van der Waals surface area contributed by atoms with Gasteiger partial charge in [-0.3, -0.25) is 4.79 Å². The van der Waals surface area contributed by atoms with Crippen LogP contribution in [0.1, 0.15) is 24.8 Å². The number of hydrogen-bond acceptors (Lipinski definition) is 2. The molecular weight excluding hydrogens is 206 g/mol. The number of hydrogen-bond donors (Lipinski definition) is 1. The Kier molecular flexibility index (Phi) is 4.89. The van der Waals surface area contributed by atoms with Crippen LogP contribution in [0.4, 0.5) is 5.69 Å². The van der Waals surface area contributed by atoms with Crippen LogP contribution >= 0.6 is 0 Å². The van der Waals surface area contributed by atoms with Gasteiger partial charge in [-0.05, 0) is 30.4 Å². The van der Waals surface area contributed by atoms with Crippen molar-refractivity contribution in [2.24, 2.45) is 5.11 Å². The Morgan fingerprint density at radius 2 is 2.00 bits per heavy atom. The predicted octanol–water partition coefficient (Wildman–Crippen LogP) is 3.43. The fourth-order valence-corrected chi connectivity index (χ4v) is 1.39. The number of rotatable bonds is 6. The van der Waals surface area contributed by atoms with Gasteiger partial charge in [0.05, 0.1) is 0 Å². The van der Waals surface area contributed by atoms with E-state index in [4.69, 9.17) is 10.6 Å². The molecule has 1 aromatic carbocycles. The first-order valence-corrected chi connectivity index (χ1v) is 5.08. The zero-order valence-corrected chi connectivity index (χ0v) is 8.83. The van der Waals surface area contributed by atoms with Gasteiger partial charge in [0.1, 0.15) is 0 Å². The standard InChI is InChI=1S/C11H13N3O2/c12-14-13-10-7-5-9(6-8-10)3-1-2-4-11(15)16/h5-8H,1-4H2,(H,15,16). The third kappa shape index (κ3) is 4.48. The molecule has 5 nitrogen and oxygen atoms in total. The normalized spacial score (nSPS) is 9.50. The van der Waals surface area contributed by atoms with Crippen molar-refractivity contribution >= 4 is 11.7 Å². The number of aryl methyl sites for hydroxylation is 1. The van der Waals surface area contributed by atoms with Crippen LogP contribution in [0.3, 0.4) is 0 Å². The average molecular weight is 219 g/mol. The summed E-state index contributed by atoms with van der Waals surface area (Å²) in [5.41, 5.74) is 9.94. The van der Waals surface area contributed by atoms with E-state index >= 15 is 0 Å². The Bertz CT molecular complexity index is 394. The summed E-state index contributed by atoms with van der Waals surface area (Å²) in [6, 6.07) is 7.30. The van der Waals surface area contributed by atoms with Gasteiger partial charge in [-0.1, -0.05) is 29.4 Å². The molecule has 0 aromatic heterocycles. The third-order valence-corrected chi connectivity index (χ3v) is 2.20. The summed E-state index contributed by atoms with van der Waals surface area (Å²) in [4.78, 5) is 13.0. The summed E-state index contributed by atoms with van der Waals surface area (Å²) in [5.74, 6) is -0.751. The number of unbranched alkanes of at least 4 members (excludes halogenated alkanes) is 1. The van der Waals surface area contributed by atoms with E-state index in [2.05, 4.69) is 10.0 Å². The fourth-order valence-electron chi connectivity index (χ4n) is 1.39. The predicted molar refractivity (Wildman–Crippen MR) is 60.4 cm³/mol. The van der Waals surface area contributed by atoms with Crippen molar-refractivity contribution < 1.29 is 9.90 Å². The van der Waals surface area contributed by atoms with Gasteiger partial charge in [-0.25, -0.2) is 0 Å². The number of carboxylic acids is 1. The Hall–Kier alpha value is -2.00. The van der Waals surface area contributed by atoms with Crippen LogP contribution in [-0.4, -0.2) is 11.1 Å². The number of carbonyl (C=O) groups is 1. The average Bonchev–Trinajstić information content (AvgIpc) is 2.27. The van der Waals surface area contributed by atoms with E-state index in [1.807, 2.05) is 12.1 Å². The quantitative estimate of drug-likeness (QED) is 0.344. The first-order valence-electron chi connectivity index (χ1n) is 5.08.